The third kappa shape index (κ3) is 5.43. The summed E-state index contributed by atoms with van der Waals surface area (Å²) in [6.07, 6.45) is -5.63. The molecule has 8 heteroatoms. The summed E-state index contributed by atoms with van der Waals surface area (Å²) in [5, 5.41) is 6.38. The molecule has 1 aliphatic carbocycles. The van der Waals surface area contributed by atoms with E-state index in [0.717, 1.165) is 37.0 Å². The summed E-state index contributed by atoms with van der Waals surface area (Å²) in [5.74, 6) is -1.08. The first-order valence-corrected chi connectivity index (χ1v) is 9.58. The number of nitrogens with one attached hydrogen (secondary N) is 2. The molecule has 3 rings (SSSR count). The third-order valence-electron chi connectivity index (χ3n) is 4.95. The van der Waals surface area contributed by atoms with Crippen LogP contribution in [0.1, 0.15) is 42.0 Å². The van der Waals surface area contributed by atoms with Crippen molar-refractivity contribution in [1.29, 1.82) is 0 Å². The molecular formula is C22H23F5N2O. The number of aryl methyl sites for hydroxylation is 1. The van der Waals surface area contributed by atoms with E-state index in [1.54, 1.807) is 0 Å². The van der Waals surface area contributed by atoms with Gasteiger partial charge in [0, 0.05) is 12.1 Å². The Labute approximate surface area is 171 Å². The lowest BCUT2D eigenvalue weighted by atomic mass is 9.93. The highest BCUT2D eigenvalue weighted by Gasteiger charge is 2.44. The normalized spacial score (nSPS) is 15.4. The topological polar surface area (TPSA) is 33.3 Å². The molecule has 30 heavy (non-hydrogen) atoms. The maximum atomic E-state index is 14.2. The van der Waals surface area contributed by atoms with Crippen LogP contribution < -0.4 is 15.4 Å². The van der Waals surface area contributed by atoms with Gasteiger partial charge in [-0.25, -0.2) is 4.39 Å². The van der Waals surface area contributed by atoms with Gasteiger partial charge in [-0.3, -0.25) is 0 Å². The molecule has 1 aliphatic rings. The van der Waals surface area contributed by atoms with E-state index in [1.807, 2.05) is 31.2 Å². The quantitative estimate of drug-likeness (QED) is 0.508. The Kier molecular flexibility index (Phi) is 6.53. The number of hydrogen-bond acceptors (Lipinski definition) is 3. The van der Waals surface area contributed by atoms with Gasteiger partial charge in [0.25, 0.3) is 0 Å². The predicted octanol–water partition coefficient (Wildman–Crippen LogP) is 5.66. The van der Waals surface area contributed by atoms with Crippen LogP contribution in [-0.4, -0.2) is 18.6 Å². The summed E-state index contributed by atoms with van der Waals surface area (Å²) in [6, 6.07) is 9.86. The van der Waals surface area contributed by atoms with Gasteiger partial charge in [0.2, 0.25) is 0 Å². The second kappa shape index (κ2) is 8.93. The SMILES string of the molecule is C=C(NC1CCC1)N[C@H](c1ccc(C)cc1)c1cc(F)cc(OC(F)(F)C(F)F)c1. The fraction of sp³-hybridized carbons (Fsp3) is 0.364. The molecule has 2 aromatic rings. The Morgan fingerprint density at radius 2 is 1.77 bits per heavy atom. The zero-order valence-electron chi connectivity index (χ0n) is 16.4. The second-order valence-corrected chi connectivity index (χ2v) is 7.42. The molecule has 0 saturated heterocycles. The van der Waals surface area contributed by atoms with Crippen molar-refractivity contribution < 1.29 is 26.7 Å². The van der Waals surface area contributed by atoms with E-state index in [2.05, 4.69) is 21.9 Å². The lowest BCUT2D eigenvalue weighted by Gasteiger charge is -2.31. The summed E-state index contributed by atoms with van der Waals surface area (Å²) >= 11 is 0. The number of rotatable bonds is 9. The molecule has 0 heterocycles. The Hall–Kier alpha value is -2.77. The van der Waals surface area contributed by atoms with E-state index in [9.17, 15) is 22.0 Å². The first-order valence-electron chi connectivity index (χ1n) is 9.58. The van der Waals surface area contributed by atoms with Crippen molar-refractivity contribution in [3.63, 3.8) is 0 Å². The minimum Gasteiger partial charge on any atom is -0.428 e. The van der Waals surface area contributed by atoms with E-state index in [0.29, 0.717) is 23.5 Å². The molecule has 2 aromatic carbocycles. The third-order valence-corrected chi connectivity index (χ3v) is 4.95. The van der Waals surface area contributed by atoms with Crippen LogP contribution in [0.3, 0.4) is 0 Å². The average Bonchev–Trinajstić information content (AvgIpc) is 2.62. The van der Waals surface area contributed by atoms with Gasteiger partial charge in [0.15, 0.2) is 0 Å². The van der Waals surface area contributed by atoms with Crippen molar-refractivity contribution in [2.75, 3.05) is 0 Å². The smallest absolute Gasteiger partial charge is 0.428 e. The minimum atomic E-state index is -4.73. The number of alkyl halides is 4. The van der Waals surface area contributed by atoms with E-state index < -0.39 is 30.1 Å². The molecule has 1 fully saturated rings. The van der Waals surface area contributed by atoms with Gasteiger partial charge in [-0.15, -0.1) is 0 Å². The number of halogens is 5. The molecular weight excluding hydrogens is 403 g/mol. The van der Waals surface area contributed by atoms with E-state index in [-0.39, 0.29) is 5.56 Å². The summed E-state index contributed by atoms with van der Waals surface area (Å²) in [5.41, 5.74) is 1.95. The molecule has 0 aliphatic heterocycles. The molecule has 1 atom stereocenters. The molecule has 0 aromatic heterocycles. The number of hydrogen-bond donors (Lipinski definition) is 2. The highest BCUT2D eigenvalue weighted by molar-refractivity contribution is 5.39. The molecule has 0 spiro atoms. The van der Waals surface area contributed by atoms with Crippen LogP contribution in [0.5, 0.6) is 5.75 Å². The van der Waals surface area contributed by atoms with Gasteiger partial charge in [-0.1, -0.05) is 36.4 Å². The summed E-state index contributed by atoms with van der Waals surface area (Å²) in [6.45, 7) is 5.85. The fourth-order valence-electron chi connectivity index (χ4n) is 3.14. The zero-order valence-corrected chi connectivity index (χ0v) is 16.4. The molecule has 162 valence electrons. The van der Waals surface area contributed by atoms with Crippen LogP contribution in [0, 0.1) is 12.7 Å². The van der Waals surface area contributed by atoms with Gasteiger partial charge >= 0.3 is 12.5 Å². The molecule has 0 bridgehead atoms. The van der Waals surface area contributed by atoms with Crippen LogP contribution in [0.25, 0.3) is 0 Å². The molecule has 2 N–H and O–H groups in total. The first-order chi connectivity index (χ1) is 14.1. The van der Waals surface area contributed by atoms with Crippen LogP contribution in [0.4, 0.5) is 22.0 Å². The maximum absolute atomic E-state index is 14.2. The van der Waals surface area contributed by atoms with Gasteiger partial charge < -0.3 is 15.4 Å². The van der Waals surface area contributed by atoms with Crippen molar-refractivity contribution in [3.05, 3.63) is 77.4 Å². The highest BCUT2D eigenvalue weighted by atomic mass is 19.3. The highest BCUT2D eigenvalue weighted by Crippen LogP contribution is 2.32. The summed E-state index contributed by atoms with van der Waals surface area (Å²) < 4.78 is 69.9. The zero-order chi connectivity index (χ0) is 21.9. The maximum Gasteiger partial charge on any atom is 0.461 e. The molecule has 0 unspecified atom stereocenters. The van der Waals surface area contributed by atoms with Gasteiger partial charge in [-0.05, 0) is 49.4 Å². The Morgan fingerprint density at radius 1 is 1.10 bits per heavy atom. The molecule has 1 saturated carbocycles. The van der Waals surface area contributed by atoms with Gasteiger partial charge in [-0.2, -0.15) is 17.6 Å². The van der Waals surface area contributed by atoms with Crippen LogP contribution in [0.2, 0.25) is 0 Å². The van der Waals surface area contributed by atoms with Crippen molar-refractivity contribution in [2.45, 2.75) is 50.8 Å². The van der Waals surface area contributed by atoms with E-state index >= 15 is 0 Å². The predicted molar refractivity (Wildman–Crippen MR) is 104 cm³/mol. The Bertz CT molecular complexity index is 882. The monoisotopic (exact) mass is 426 g/mol. The number of benzene rings is 2. The fourth-order valence-corrected chi connectivity index (χ4v) is 3.14. The lowest BCUT2D eigenvalue weighted by Crippen LogP contribution is -2.40. The Morgan fingerprint density at radius 3 is 2.33 bits per heavy atom. The molecule has 3 nitrogen and oxygen atoms in total. The van der Waals surface area contributed by atoms with Crippen LogP contribution in [-0.2, 0) is 0 Å². The summed E-state index contributed by atoms with van der Waals surface area (Å²) in [7, 11) is 0. The van der Waals surface area contributed by atoms with Crippen molar-refractivity contribution in [3.8, 4) is 5.75 Å². The van der Waals surface area contributed by atoms with E-state index in [1.165, 1.54) is 0 Å². The van der Waals surface area contributed by atoms with Gasteiger partial charge in [0.05, 0.1) is 11.9 Å². The van der Waals surface area contributed by atoms with Crippen molar-refractivity contribution in [2.24, 2.45) is 0 Å². The summed E-state index contributed by atoms with van der Waals surface area (Å²) in [4.78, 5) is 0. The lowest BCUT2D eigenvalue weighted by molar-refractivity contribution is -0.253. The van der Waals surface area contributed by atoms with Gasteiger partial charge in [0.1, 0.15) is 11.6 Å². The van der Waals surface area contributed by atoms with Crippen LogP contribution in [0.15, 0.2) is 54.9 Å². The number of ether oxygens (including phenoxy) is 1. The molecule has 0 amide bonds. The van der Waals surface area contributed by atoms with Crippen molar-refractivity contribution >= 4 is 0 Å². The largest absolute Gasteiger partial charge is 0.461 e. The standard InChI is InChI=1S/C22H23F5N2O/c1-13-6-8-15(9-7-13)20(29-14(2)28-18-4-3-5-18)16-10-17(23)12-19(11-16)30-22(26,27)21(24)25/h6-12,18,20-21,28-29H,2-5H2,1H3/t20-/m1/s1. The average molecular weight is 426 g/mol. The molecule has 0 radical (unpaired) electrons. The van der Waals surface area contributed by atoms with E-state index in [4.69, 9.17) is 0 Å². The van der Waals surface area contributed by atoms with Crippen molar-refractivity contribution in [1.82, 2.24) is 10.6 Å². The minimum absolute atomic E-state index is 0.232. The Balaban J connectivity index is 1.91. The second-order valence-electron chi connectivity index (χ2n) is 7.42. The van der Waals surface area contributed by atoms with Crippen LogP contribution >= 0.6 is 0 Å². The first kappa shape index (κ1) is 21.9.